The molecule has 0 bridgehead atoms. The minimum absolute atomic E-state index is 0.150. The van der Waals surface area contributed by atoms with Crippen LogP contribution in [0.3, 0.4) is 0 Å². The van der Waals surface area contributed by atoms with Crippen LogP contribution in [0, 0.1) is 0 Å². The van der Waals surface area contributed by atoms with Crippen molar-refractivity contribution in [2.75, 3.05) is 6.54 Å². The number of carbonyl (C=O) groups is 2. The van der Waals surface area contributed by atoms with Gasteiger partial charge in [-0.1, -0.05) is 6.92 Å². The van der Waals surface area contributed by atoms with Crippen LogP contribution in [-0.2, 0) is 4.79 Å². The average molecular weight is 283 g/mol. The number of nitrogens with zero attached hydrogens (tertiary/aromatic N) is 2. The number of hydrogen-bond acceptors (Lipinski definition) is 4. The summed E-state index contributed by atoms with van der Waals surface area (Å²) in [6.45, 7) is 2.46. The Morgan fingerprint density at radius 1 is 1.68 bits per heavy atom. The van der Waals surface area contributed by atoms with Crippen molar-refractivity contribution in [1.29, 1.82) is 0 Å². The van der Waals surface area contributed by atoms with Gasteiger partial charge in [-0.25, -0.2) is 14.6 Å². The molecule has 2 atom stereocenters. The lowest BCUT2D eigenvalue weighted by molar-refractivity contribution is -0.141. The molecule has 6 nitrogen and oxygen atoms in total. The molecule has 0 aromatic carbocycles. The summed E-state index contributed by atoms with van der Waals surface area (Å²) in [4.78, 5) is 28.8. The molecule has 1 fully saturated rings. The highest BCUT2D eigenvalue weighted by Crippen LogP contribution is 2.22. The predicted octanol–water partition coefficient (Wildman–Crippen LogP) is 1.85. The van der Waals surface area contributed by atoms with Crippen molar-refractivity contribution in [2.24, 2.45) is 0 Å². The van der Waals surface area contributed by atoms with Crippen LogP contribution in [0.25, 0.3) is 0 Å². The Bertz CT molecular complexity index is 449. The monoisotopic (exact) mass is 283 g/mol. The summed E-state index contributed by atoms with van der Waals surface area (Å²) >= 11 is 1.49. The van der Waals surface area contributed by atoms with E-state index in [9.17, 15) is 9.59 Å². The zero-order chi connectivity index (χ0) is 13.8. The molecule has 0 spiro atoms. The van der Waals surface area contributed by atoms with E-state index in [4.69, 9.17) is 5.11 Å². The molecule has 19 heavy (non-hydrogen) atoms. The van der Waals surface area contributed by atoms with Gasteiger partial charge in [0.15, 0.2) is 0 Å². The molecule has 1 saturated heterocycles. The Balaban J connectivity index is 2.02. The predicted molar refractivity (Wildman–Crippen MR) is 71.0 cm³/mol. The molecule has 0 aliphatic carbocycles. The molecule has 1 aliphatic heterocycles. The number of carboxylic acid groups (broad SMARTS) is 1. The number of nitrogens with one attached hydrogen (secondary N) is 1. The van der Waals surface area contributed by atoms with Crippen molar-refractivity contribution in [1.82, 2.24) is 15.2 Å². The summed E-state index contributed by atoms with van der Waals surface area (Å²) in [6.07, 6.45) is 3.69. The zero-order valence-corrected chi connectivity index (χ0v) is 11.5. The third kappa shape index (κ3) is 3.04. The first-order valence-electron chi connectivity index (χ1n) is 6.32. The third-order valence-corrected chi connectivity index (χ3v) is 4.14. The zero-order valence-electron chi connectivity index (χ0n) is 10.7. The van der Waals surface area contributed by atoms with Crippen LogP contribution in [-0.4, -0.2) is 39.6 Å². The summed E-state index contributed by atoms with van der Waals surface area (Å²) < 4.78 is 0. The van der Waals surface area contributed by atoms with E-state index in [1.165, 1.54) is 16.2 Å². The highest BCUT2D eigenvalue weighted by molar-refractivity contribution is 7.09. The Labute approximate surface area is 115 Å². The van der Waals surface area contributed by atoms with Gasteiger partial charge >= 0.3 is 12.0 Å². The smallest absolute Gasteiger partial charge is 0.326 e. The highest BCUT2D eigenvalue weighted by atomic mass is 32.1. The summed E-state index contributed by atoms with van der Waals surface area (Å²) in [5.74, 6) is -0.935. The fraction of sp³-hybridized carbons (Fsp3) is 0.583. The van der Waals surface area contributed by atoms with Crippen LogP contribution < -0.4 is 5.32 Å². The van der Waals surface area contributed by atoms with Gasteiger partial charge in [-0.05, 0) is 19.3 Å². The largest absolute Gasteiger partial charge is 0.480 e. The maximum absolute atomic E-state index is 12.2. The summed E-state index contributed by atoms with van der Waals surface area (Å²) in [5.41, 5.74) is 0. The van der Waals surface area contributed by atoms with Gasteiger partial charge in [-0.3, -0.25) is 0 Å². The standard InChI is InChI=1S/C12H17N3O3S/c1-2-8(10-13-5-7-19-10)14-12(18)15-6-3-4-9(15)11(16)17/h5,7-9H,2-4,6H2,1H3,(H,14,18)(H,16,17). The maximum Gasteiger partial charge on any atom is 0.326 e. The van der Waals surface area contributed by atoms with Crippen molar-refractivity contribution >= 4 is 23.3 Å². The number of thiazole rings is 1. The normalized spacial score (nSPS) is 20.3. The van der Waals surface area contributed by atoms with E-state index >= 15 is 0 Å². The molecule has 2 rings (SSSR count). The minimum Gasteiger partial charge on any atom is -0.480 e. The van der Waals surface area contributed by atoms with E-state index in [1.807, 2.05) is 12.3 Å². The number of aromatic nitrogens is 1. The summed E-state index contributed by atoms with van der Waals surface area (Å²) in [7, 11) is 0. The van der Waals surface area contributed by atoms with Gasteiger partial charge in [-0.2, -0.15) is 0 Å². The van der Waals surface area contributed by atoms with E-state index < -0.39 is 12.0 Å². The molecule has 104 valence electrons. The van der Waals surface area contributed by atoms with Gasteiger partial charge < -0.3 is 15.3 Å². The van der Waals surface area contributed by atoms with E-state index in [1.54, 1.807) is 6.20 Å². The van der Waals surface area contributed by atoms with Gasteiger partial charge in [0.05, 0.1) is 6.04 Å². The number of urea groups is 1. The second-order valence-electron chi connectivity index (χ2n) is 4.47. The topological polar surface area (TPSA) is 82.5 Å². The maximum atomic E-state index is 12.2. The van der Waals surface area contributed by atoms with E-state index in [0.29, 0.717) is 13.0 Å². The molecule has 0 radical (unpaired) electrons. The first-order chi connectivity index (χ1) is 9.13. The first kappa shape index (κ1) is 13.8. The second kappa shape index (κ2) is 6.01. The Morgan fingerprint density at radius 3 is 3.05 bits per heavy atom. The average Bonchev–Trinajstić information content (AvgIpc) is 3.05. The van der Waals surface area contributed by atoms with Gasteiger partial charge in [0.25, 0.3) is 0 Å². The Morgan fingerprint density at radius 2 is 2.47 bits per heavy atom. The number of aliphatic carboxylic acids is 1. The molecule has 1 aromatic rings. The van der Waals surface area contributed by atoms with Gasteiger partial charge in [0, 0.05) is 18.1 Å². The Hall–Kier alpha value is -1.63. The van der Waals surface area contributed by atoms with Crippen molar-refractivity contribution in [3.8, 4) is 0 Å². The fourth-order valence-corrected chi connectivity index (χ4v) is 3.02. The van der Waals surface area contributed by atoms with Crippen molar-refractivity contribution in [3.63, 3.8) is 0 Å². The molecule has 1 aliphatic rings. The number of hydrogen-bond donors (Lipinski definition) is 2. The Kier molecular flexibility index (Phi) is 4.36. The van der Waals surface area contributed by atoms with Crippen LogP contribution in [0.2, 0.25) is 0 Å². The number of likely N-dealkylation sites (tertiary alicyclic amines) is 1. The van der Waals surface area contributed by atoms with E-state index in [2.05, 4.69) is 10.3 Å². The lowest BCUT2D eigenvalue weighted by atomic mass is 10.2. The molecule has 2 unspecified atom stereocenters. The molecule has 7 heteroatoms. The van der Waals surface area contributed by atoms with Crippen LogP contribution in [0.1, 0.15) is 37.2 Å². The molecule has 2 amide bonds. The molecule has 0 saturated carbocycles. The van der Waals surface area contributed by atoms with Crippen LogP contribution in [0.5, 0.6) is 0 Å². The van der Waals surface area contributed by atoms with E-state index in [0.717, 1.165) is 17.8 Å². The lowest BCUT2D eigenvalue weighted by Crippen LogP contribution is -2.46. The van der Waals surface area contributed by atoms with Crippen molar-refractivity contribution < 1.29 is 14.7 Å². The quantitative estimate of drug-likeness (QED) is 0.883. The SMILES string of the molecule is CCC(NC(=O)N1CCCC1C(=O)O)c1nccs1. The summed E-state index contributed by atoms with van der Waals surface area (Å²) in [6, 6.07) is -1.16. The molecule has 1 aromatic heterocycles. The molecule has 2 heterocycles. The van der Waals surface area contributed by atoms with Crippen LogP contribution >= 0.6 is 11.3 Å². The summed E-state index contributed by atoms with van der Waals surface area (Å²) in [5, 5.41) is 14.7. The first-order valence-corrected chi connectivity index (χ1v) is 7.20. The van der Waals surface area contributed by atoms with Crippen molar-refractivity contribution in [3.05, 3.63) is 16.6 Å². The molecular weight excluding hydrogens is 266 g/mol. The van der Waals surface area contributed by atoms with Crippen molar-refractivity contribution in [2.45, 2.75) is 38.3 Å². The van der Waals surface area contributed by atoms with Crippen LogP contribution in [0.15, 0.2) is 11.6 Å². The van der Waals surface area contributed by atoms with Gasteiger partial charge in [0.2, 0.25) is 0 Å². The number of carboxylic acids is 1. The van der Waals surface area contributed by atoms with Gasteiger partial charge in [0.1, 0.15) is 11.0 Å². The van der Waals surface area contributed by atoms with E-state index in [-0.39, 0.29) is 12.1 Å². The number of carbonyl (C=O) groups excluding carboxylic acids is 1. The molecular formula is C12H17N3O3S. The lowest BCUT2D eigenvalue weighted by Gasteiger charge is -2.24. The van der Waals surface area contributed by atoms with Crippen LogP contribution in [0.4, 0.5) is 4.79 Å². The second-order valence-corrected chi connectivity index (χ2v) is 5.40. The highest BCUT2D eigenvalue weighted by Gasteiger charge is 2.34. The third-order valence-electron chi connectivity index (χ3n) is 3.25. The molecule has 2 N–H and O–H groups in total. The number of rotatable bonds is 4. The minimum atomic E-state index is -0.935. The van der Waals surface area contributed by atoms with Gasteiger partial charge in [-0.15, -0.1) is 11.3 Å². The number of amides is 2. The fourth-order valence-electron chi connectivity index (χ4n) is 2.24.